The fourth-order valence-corrected chi connectivity index (χ4v) is 2.35. The maximum atomic E-state index is 12.3. The number of benzene rings is 1. The Bertz CT molecular complexity index is 635. The van der Waals surface area contributed by atoms with Crippen LogP contribution in [0.4, 0.5) is 0 Å². The van der Waals surface area contributed by atoms with Crippen LogP contribution in [0.2, 0.25) is 0 Å². The van der Waals surface area contributed by atoms with Crippen molar-refractivity contribution in [3.8, 4) is 5.75 Å². The summed E-state index contributed by atoms with van der Waals surface area (Å²) in [6.07, 6.45) is 1.54. The highest BCUT2D eigenvalue weighted by Crippen LogP contribution is 2.30. The Morgan fingerprint density at radius 2 is 2.23 bits per heavy atom. The van der Waals surface area contributed by atoms with Crippen molar-refractivity contribution < 1.29 is 14.3 Å². The number of nitrogens with one attached hydrogen (secondary N) is 2. The summed E-state index contributed by atoms with van der Waals surface area (Å²) in [5.41, 5.74) is 2.13. The zero-order valence-electron chi connectivity index (χ0n) is 12.8. The maximum Gasteiger partial charge on any atom is 0.338 e. The fraction of sp³-hybridized carbons (Fsp3) is 0.235. The van der Waals surface area contributed by atoms with Crippen molar-refractivity contribution in [1.29, 1.82) is 0 Å². The Kier molecular flexibility index (Phi) is 4.88. The topological polar surface area (TPSA) is 59.6 Å². The van der Waals surface area contributed by atoms with E-state index in [9.17, 15) is 4.79 Å². The molecule has 116 valence electrons. The number of methoxy groups -OCH3 is 1. The number of carbonyl (C=O) groups excluding carboxylic acids is 1. The van der Waals surface area contributed by atoms with Crippen LogP contribution in [0.1, 0.15) is 18.5 Å². The Morgan fingerprint density at radius 3 is 2.91 bits per heavy atom. The van der Waals surface area contributed by atoms with E-state index in [0.29, 0.717) is 17.1 Å². The Morgan fingerprint density at radius 1 is 1.45 bits per heavy atom. The molecule has 0 saturated carbocycles. The van der Waals surface area contributed by atoms with Crippen molar-refractivity contribution in [2.45, 2.75) is 13.0 Å². The van der Waals surface area contributed by atoms with Crippen LogP contribution >= 0.6 is 0 Å². The predicted molar refractivity (Wildman–Crippen MR) is 85.0 cm³/mol. The lowest BCUT2D eigenvalue weighted by atomic mass is 9.95. The van der Waals surface area contributed by atoms with Crippen molar-refractivity contribution in [1.82, 2.24) is 10.6 Å². The van der Waals surface area contributed by atoms with Crippen LogP contribution in [0.15, 0.2) is 60.6 Å². The van der Waals surface area contributed by atoms with Gasteiger partial charge in [-0.2, -0.15) is 0 Å². The van der Waals surface area contributed by atoms with Crippen LogP contribution in [0, 0.1) is 0 Å². The molecule has 0 aliphatic carbocycles. The van der Waals surface area contributed by atoms with Crippen LogP contribution in [0.25, 0.3) is 0 Å². The quantitative estimate of drug-likeness (QED) is 0.646. The van der Waals surface area contributed by atoms with E-state index < -0.39 is 5.97 Å². The molecule has 1 atom stereocenters. The minimum atomic E-state index is -0.391. The molecule has 5 heteroatoms. The Hall–Kier alpha value is -2.69. The van der Waals surface area contributed by atoms with E-state index in [0.717, 1.165) is 11.3 Å². The van der Waals surface area contributed by atoms with Gasteiger partial charge in [-0.1, -0.05) is 31.4 Å². The third-order valence-corrected chi connectivity index (χ3v) is 3.33. The molecule has 2 rings (SSSR count). The highest BCUT2D eigenvalue weighted by atomic mass is 16.5. The monoisotopic (exact) mass is 300 g/mol. The molecule has 1 aromatic rings. The number of allylic oxidation sites excluding steroid dienone is 1. The molecule has 1 aliphatic rings. The molecule has 0 amide bonds. The minimum absolute atomic E-state index is 0.168. The molecule has 0 spiro atoms. The molecule has 1 unspecified atom stereocenters. The molecule has 2 N–H and O–H groups in total. The molecule has 5 nitrogen and oxygen atoms in total. The smallest absolute Gasteiger partial charge is 0.338 e. The van der Waals surface area contributed by atoms with Crippen LogP contribution in [-0.2, 0) is 9.53 Å². The van der Waals surface area contributed by atoms with E-state index in [2.05, 4.69) is 23.8 Å². The Labute approximate surface area is 130 Å². The van der Waals surface area contributed by atoms with Crippen molar-refractivity contribution in [3.63, 3.8) is 0 Å². The predicted octanol–water partition coefficient (Wildman–Crippen LogP) is 2.40. The maximum absolute atomic E-state index is 12.3. The largest absolute Gasteiger partial charge is 0.497 e. The van der Waals surface area contributed by atoms with E-state index in [1.54, 1.807) is 7.11 Å². The first-order chi connectivity index (χ1) is 10.6. The highest BCUT2D eigenvalue weighted by molar-refractivity contribution is 5.91. The van der Waals surface area contributed by atoms with Gasteiger partial charge in [-0.15, -0.1) is 0 Å². The molecule has 0 bridgehead atoms. The number of carbonyl (C=O) groups is 1. The van der Waals surface area contributed by atoms with Crippen LogP contribution in [0.3, 0.4) is 0 Å². The first-order valence-electron chi connectivity index (χ1n) is 6.92. The Balaban J connectivity index is 2.40. The lowest BCUT2D eigenvalue weighted by Crippen LogP contribution is -2.39. The number of ether oxygens (including phenoxy) is 2. The van der Waals surface area contributed by atoms with Gasteiger partial charge in [0, 0.05) is 5.70 Å². The fourth-order valence-electron chi connectivity index (χ4n) is 2.35. The van der Waals surface area contributed by atoms with Crippen molar-refractivity contribution in [2.75, 3.05) is 13.7 Å². The summed E-state index contributed by atoms with van der Waals surface area (Å²) in [4.78, 5) is 12.3. The molecule has 0 saturated heterocycles. The van der Waals surface area contributed by atoms with Gasteiger partial charge >= 0.3 is 5.97 Å². The molecule has 1 aromatic carbocycles. The molecule has 1 aliphatic heterocycles. The van der Waals surface area contributed by atoms with Gasteiger partial charge in [0.15, 0.2) is 0 Å². The lowest BCUT2D eigenvalue weighted by molar-refractivity contribution is -0.138. The number of esters is 1. The summed E-state index contributed by atoms with van der Waals surface area (Å²) >= 11 is 0. The average Bonchev–Trinajstić information content (AvgIpc) is 2.51. The minimum Gasteiger partial charge on any atom is -0.497 e. The van der Waals surface area contributed by atoms with Gasteiger partial charge in [0.2, 0.25) is 0 Å². The average molecular weight is 300 g/mol. The first-order valence-corrected chi connectivity index (χ1v) is 6.92. The van der Waals surface area contributed by atoms with E-state index in [1.807, 2.05) is 31.2 Å². The summed E-state index contributed by atoms with van der Waals surface area (Å²) in [7, 11) is 1.61. The number of hydrogen-bond donors (Lipinski definition) is 2. The third kappa shape index (κ3) is 3.31. The first kappa shape index (κ1) is 15.7. The second-order valence-electron chi connectivity index (χ2n) is 4.88. The zero-order chi connectivity index (χ0) is 16.1. The molecule has 0 radical (unpaired) electrons. The molecule has 1 heterocycles. The standard InChI is InChI=1S/C17H20N2O3/c1-5-9-22-17(20)15-11(2)18-12(3)19-16(15)13-7-6-8-14(10-13)21-4/h5-8,10,16,18-19H,1,3,9H2,2,4H3. The van der Waals surface area contributed by atoms with Gasteiger partial charge in [-0.3, -0.25) is 0 Å². The normalized spacial score (nSPS) is 17.4. The summed E-state index contributed by atoms with van der Waals surface area (Å²) < 4.78 is 10.4. The van der Waals surface area contributed by atoms with Crippen molar-refractivity contribution in [3.05, 3.63) is 66.2 Å². The van der Waals surface area contributed by atoms with Gasteiger partial charge in [0.1, 0.15) is 12.4 Å². The van der Waals surface area contributed by atoms with Crippen LogP contribution in [-0.4, -0.2) is 19.7 Å². The SMILES string of the molecule is C=CCOC(=O)C1=C(C)NC(=C)NC1c1cccc(OC)c1. The van der Waals surface area contributed by atoms with E-state index in [4.69, 9.17) is 9.47 Å². The lowest BCUT2D eigenvalue weighted by Gasteiger charge is -2.31. The molecule has 0 fully saturated rings. The summed E-state index contributed by atoms with van der Waals surface area (Å²) in [6, 6.07) is 7.19. The van der Waals surface area contributed by atoms with E-state index >= 15 is 0 Å². The summed E-state index contributed by atoms with van der Waals surface area (Å²) in [5, 5.41) is 6.21. The van der Waals surface area contributed by atoms with Crippen molar-refractivity contribution in [2.24, 2.45) is 0 Å². The molecule has 22 heavy (non-hydrogen) atoms. The third-order valence-electron chi connectivity index (χ3n) is 3.33. The van der Waals surface area contributed by atoms with Crippen molar-refractivity contribution >= 4 is 5.97 Å². The molecular formula is C17H20N2O3. The molecule has 0 aromatic heterocycles. The van der Waals surface area contributed by atoms with Gasteiger partial charge in [-0.25, -0.2) is 4.79 Å². The second kappa shape index (κ2) is 6.85. The zero-order valence-corrected chi connectivity index (χ0v) is 12.8. The van der Waals surface area contributed by atoms with Gasteiger partial charge in [0.05, 0.1) is 24.5 Å². The number of rotatable bonds is 5. The van der Waals surface area contributed by atoms with E-state index in [1.165, 1.54) is 6.08 Å². The van der Waals surface area contributed by atoms with E-state index in [-0.39, 0.29) is 12.6 Å². The van der Waals surface area contributed by atoms with Crippen LogP contribution in [0.5, 0.6) is 5.75 Å². The summed E-state index contributed by atoms with van der Waals surface area (Å²) in [6.45, 7) is 9.43. The van der Waals surface area contributed by atoms with Gasteiger partial charge in [0.25, 0.3) is 0 Å². The number of hydrogen-bond acceptors (Lipinski definition) is 5. The molecular weight excluding hydrogens is 280 g/mol. The summed E-state index contributed by atoms with van der Waals surface area (Å²) in [5.74, 6) is 0.961. The van der Waals surface area contributed by atoms with Crippen LogP contribution < -0.4 is 15.4 Å². The highest BCUT2D eigenvalue weighted by Gasteiger charge is 2.30. The van der Waals surface area contributed by atoms with Gasteiger partial charge in [-0.05, 0) is 24.6 Å². The van der Waals surface area contributed by atoms with Gasteiger partial charge < -0.3 is 20.1 Å². The second-order valence-corrected chi connectivity index (χ2v) is 4.88.